The van der Waals surface area contributed by atoms with E-state index in [4.69, 9.17) is 4.42 Å². The van der Waals surface area contributed by atoms with Crippen molar-refractivity contribution in [3.63, 3.8) is 0 Å². The van der Waals surface area contributed by atoms with Crippen LogP contribution < -0.4 is 5.32 Å². The molecule has 0 atom stereocenters. The minimum absolute atomic E-state index is 0.0884. The fraction of sp³-hybridized carbons (Fsp3) is 0. The van der Waals surface area contributed by atoms with Crippen molar-refractivity contribution < 1.29 is 13.6 Å². The Bertz CT molecular complexity index is 769. The van der Waals surface area contributed by atoms with Crippen LogP contribution in [-0.4, -0.2) is 10.9 Å². The molecule has 3 rings (SSSR count). The van der Waals surface area contributed by atoms with Gasteiger partial charge in [-0.25, -0.2) is 9.37 Å². The molecule has 1 amide bonds. The first kappa shape index (κ1) is 13.1. The summed E-state index contributed by atoms with van der Waals surface area (Å²) in [6.07, 6.45) is 1.21. The van der Waals surface area contributed by atoms with Gasteiger partial charge < -0.3 is 9.73 Å². The number of carbonyl (C=O) groups excluding carboxylic acids is 1. The SMILES string of the molecule is O=C(Nc1cccc(F)c1)c1ocnc1-c1ccccc1. The first-order chi connectivity index (χ1) is 10.2. The molecule has 0 saturated heterocycles. The highest BCUT2D eigenvalue weighted by Crippen LogP contribution is 2.22. The summed E-state index contributed by atoms with van der Waals surface area (Å²) in [5.41, 5.74) is 1.58. The molecule has 2 aromatic carbocycles. The van der Waals surface area contributed by atoms with E-state index in [1.165, 1.54) is 24.6 Å². The van der Waals surface area contributed by atoms with Gasteiger partial charge in [-0.1, -0.05) is 36.4 Å². The average molecular weight is 282 g/mol. The summed E-state index contributed by atoms with van der Waals surface area (Å²) < 4.78 is 18.3. The summed E-state index contributed by atoms with van der Waals surface area (Å²) in [5.74, 6) is -0.809. The largest absolute Gasteiger partial charge is 0.438 e. The van der Waals surface area contributed by atoms with Gasteiger partial charge in [0.25, 0.3) is 5.91 Å². The summed E-state index contributed by atoms with van der Waals surface area (Å²) in [5, 5.41) is 2.58. The van der Waals surface area contributed by atoms with Gasteiger partial charge in [-0.05, 0) is 18.2 Å². The van der Waals surface area contributed by atoms with Gasteiger partial charge in [0, 0.05) is 11.3 Å². The molecule has 0 fully saturated rings. The second kappa shape index (κ2) is 5.58. The third-order valence-corrected chi connectivity index (χ3v) is 2.90. The molecule has 0 aliphatic heterocycles. The number of carbonyl (C=O) groups is 1. The maximum atomic E-state index is 13.1. The number of amides is 1. The maximum absolute atomic E-state index is 13.1. The van der Waals surface area contributed by atoms with Crippen LogP contribution in [0.15, 0.2) is 65.4 Å². The Morgan fingerprint density at radius 1 is 1.10 bits per heavy atom. The van der Waals surface area contributed by atoms with Crippen LogP contribution in [-0.2, 0) is 0 Å². The van der Waals surface area contributed by atoms with Crippen molar-refractivity contribution in [2.45, 2.75) is 0 Å². The molecule has 4 nitrogen and oxygen atoms in total. The normalized spacial score (nSPS) is 10.3. The predicted molar refractivity (Wildman–Crippen MR) is 76.3 cm³/mol. The zero-order chi connectivity index (χ0) is 14.7. The minimum Gasteiger partial charge on any atom is -0.438 e. The Kier molecular flexibility index (Phi) is 3.47. The van der Waals surface area contributed by atoms with E-state index in [2.05, 4.69) is 10.3 Å². The summed E-state index contributed by atoms with van der Waals surface area (Å²) in [6.45, 7) is 0. The van der Waals surface area contributed by atoms with Gasteiger partial charge >= 0.3 is 0 Å². The number of rotatable bonds is 3. The fourth-order valence-corrected chi connectivity index (χ4v) is 1.96. The van der Waals surface area contributed by atoms with E-state index in [1.54, 1.807) is 6.07 Å². The van der Waals surface area contributed by atoms with Crippen LogP contribution in [0.5, 0.6) is 0 Å². The molecule has 0 radical (unpaired) electrons. The minimum atomic E-state index is -0.475. The average Bonchev–Trinajstić information content (AvgIpc) is 2.98. The molecule has 21 heavy (non-hydrogen) atoms. The first-order valence-electron chi connectivity index (χ1n) is 6.30. The van der Waals surface area contributed by atoms with Crippen molar-refractivity contribution in [1.82, 2.24) is 4.98 Å². The van der Waals surface area contributed by atoms with Crippen LogP contribution in [0.2, 0.25) is 0 Å². The molecule has 0 aliphatic rings. The quantitative estimate of drug-likeness (QED) is 0.796. The molecule has 0 unspecified atom stereocenters. The van der Waals surface area contributed by atoms with E-state index in [9.17, 15) is 9.18 Å². The summed E-state index contributed by atoms with van der Waals surface area (Å²) >= 11 is 0. The van der Waals surface area contributed by atoms with Crippen molar-refractivity contribution in [2.24, 2.45) is 0 Å². The van der Waals surface area contributed by atoms with Gasteiger partial charge in [-0.3, -0.25) is 4.79 Å². The van der Waals surface area contributed by atoms with Gasteiger partial charge in [0.2, 0.25) is 5.76 Å². The number of oxazole rings is 1. The zero-order valence-electron chi connectivity index (χ0n) is 10.9. The molecule has 1 N–H and O–H groups in total. The number of halogens is 1. The van der Waals surface area contributed by atoms with Crippen molar-refractivity contribution >= 4 is 11.6 Å². The van der Waals surface area contributed by atoms with E-state index >= 15 is 0 Å². The van der Waals surface area contributed by atoms with Gasteiger partial charge in [0.1, 0.15) is 11.5 Å². The number of nitrogens with zero attached hydrogens (tertiary/aromatic N) is 1. The van der Waals surface area contributed by atoms with Crippen LogP contribution in [0, 0.1) is 5.82 Å². The summed E-state index contributed by atoms with van der Waals surface area (Å²) in [7, 11) is 0. The highest BCUT2D eigenvalue weighted by molar-refractivity contribution is 6.05. The molecule has 0 aliphatic carbocycles. The second-order valence-corrected chi connectivity index (χ2v) is 4.36. The standard InChI is InChI=1S/C16H11FN2O2/c17-12-7-4-8-13(9-12)19-16(20)15-14(18-10-21-15)11-5-2-1-3-6-11/h1-10H,(H,19,20). The molecular weight excluding hydrogens is 271 g/mol. The molecule has 0 bridgehead atoms. The van der Waals surface area contributed by atoms with Crippen LogP contribution >= 0.6 is 0 Å². The molecule has 3 aromatic rings. The molecule has 0 spiro atoms. The Morgan fingerprint density at radius 2 is 1.90 bits per heavy atom. The van der Waals surface area contributed by atoms with Gasteiger partial charge in [-0.15, -0.1) is 0 Å². The fourth-order valence-electron chi connectivity index (χ4n) is 1.96. The number of hydrogen-bond donors (Lipinski definition) is 1. The Hall–Kier alpha value is -2.95. The molecular formula is C16H11FN2O2. The number of anilines is 1. The monoisotopic (exact) mass is 282 g/mol. The lowest BCUT2D eigenvalue weighted by atomic mass is 10.1. The van der Waals surface area contributed by atoms with Gasteiger partial charge in [-0.2, -0.15) is 0 Å². The Balaban J connectivity index is 1.88. The van der Waals surface area contributed by atoms with Crippen molar-refractivity contribution in [1.29, 1.82) is 0 Å². The lowest BCUT2D eigenvalue weighted by Gasteiger charge is -2.04. The number of benzene rings is 2. The Morgan fingerprint density at radius 3 is 2.67 bits per heavy atom. The summed E-state index contributed by atoms with van der Waals surface area (Å²) in [4.78, 5) is 16.3. The van der Waals surface area contributed by atoms with Crippen LogP contribution in [0.25, 0.3) is 11.3 Å². The van der Waals surface area contributed by atoms with Crippen molar-refractivity contribution in [3.05, 3.63) is 72.6 Å². The van der Waals surface area contributed by atoms with E-state index in [-0.39, 0.29) is 5.76 Å². The molecule has 104 valence electrons. The number of nitrogens with one attached hydrogen (secondary N) is 1. The van der Waals surface area contributed by atoms with Crippen molar-refractivity contribution in [3.8, 4) is 11.3 Å². The van der Waals surface area contributed by atoms with Crippen molar-refractivity contribution in [2.75, 3.05) is 5.32 Å². The lowest BCUT2D eigenvalue weighted by molar-refractivity contribution is 0.0997. The third-order valence-electron chi connectivity index (χ3n) is 2.90. The molecule has 0 saturated carbocycles. The van der Waals surface area contributed by atoms with Crippen LogP contribution in [0.3, 0.4) is 0 Å². The van der Waals surface area contributed by atoms with E-state index < -0.39 is 11.7 Å². The smallest absolute Gasteiger partial charge is 0.293 e. The van der Waals surface area contributed by atoms with Gasteiger partial charge in [0.15, 0.2) is 6.39 Å². The number of hydrogen-bond acceptors (Lipinski definition) is 3. The second-order valence-electron chi connectivity index (χ2n) is 4.36. The van der Waals surface area contributed by atoms with Crippen LogP contribution in [0.1, 0.15) is 10.6 Å². The topological polar surface area (TPSA) is 55.1 Å². The van der Waals surface area contributed by atoms with E-state index in [0.717, 1.165) is 5.56 Å². The lowest BCUT2D eigenvalue weighted by Crippen LogP contribution is -2.12. The van der Waals surface area contributed by atoms with E-state index in [1.807, 2.05) is 30.3 Å². The first-order valence-corrected chi connectivity index (χ1v) is 6.30. The third kappa shape index (κ3) is 2.81. The highest BCUT2D eigenvalue weighted by Gasteiger charge is 2.18. The summed E-state index contributed by atoms with van der Waals surface area (Å²) in [6, 6.07) is 14.9. The molecule has 1 aromatic heterocycles. The van der Waals surface area contributed by atoms with E-state index in [0.29, 0.717) is 11.4 Å². The van der Waals surface area contributed by atoms with Gasteiger partial charge in [0.05, 0.1) is 0 Å². The molecule has 5 heteroatoms. The molecule has 1 heterocycles. The highest BCUT2D eigenvalue weighted by atomic mass is 19.1. The Labute approximate surface area is 120 Å². The predicted octanol–water partition coefficient (Wildman–Crippen LogP) is 3.73. The number of aromatic nitrogens is 1. The van der Waals surface area contributed by atoms with Crippen LogP contribution in [0.4, 0.5) is 10.1 Å². The maximum Gasteiger partial charge on any atom is 0.293 e. The zero-order valence-corrected chi connectivity index (χ0v) is 10.9.